The van der Waals surface area contributed by atoms with Crippen molar-refractivity contribution in [3.63, 3.8) is 0 Å². The van der Waals surface area contributed by atoms with Gasteiger partial charge in [0.25, 0.3) is 0 Å². The van der Waals surface area contributed by atoms with Crippen LogP contribution in [0.2, 0.25) is 0 Å². The molecule has 1 fully saturated rings. The number of carbonyl (C=O) groups excluding carboxylic acids is 1. The largest absolute Gasteiger partial charge is 0.385 e. The number of nitrogens with one attached hydrogen (secondary N) is 2. The van der Waals surface area contributed by atoms with E-state index in [0.29, 0.717) is 19.7 Å². The summed E-state index contributed by atoms with van der Waals surface area (Å²) in [6.07, 6.45) is 2.58. The third kappa shape index (κ3) is 5.50. The quantitative estimate of drug-likeness (QED) is 0.727. The molecule has 1 aromatic heterocycles. The number of amides is 2. The zero-order valence-corrected chi connectivity index (χ0v) is 13.0. The highest BCUT2D eigenvalue weighted by molar-refractivity contribution is 5.73. The molecular weight excluding hydrogens is 284 g/mol. The molecule has 0 saturated carbocycles. The first-order valence-corrected chi connectivity index (χ1v) is 7.58. The summed E-state index contributed by atoms with van der Waals surface area (Å²) in [6, 6.07) is 3.76. The lowest BCUT2D eigenvalue weighted by Gasteiger charge is -2.28. The van der Waals surface area contributed by atoms with E-state index in [-0.39, 0.29) is 6.03 Å². The Hall–Kier alpha value is -1.86. The fourth-order valence-corrected chi connectivity index (χ4v) is 2.20. The molecule has 0 atom stereocenters. The van der Waals surface area contributed by atoms with Gasteiger partial charge in [0.05, 0.1) is 13.2 Å². The number of nitrogens with zero attached hydrogens (tertiary/aromatic N) is 2. The summed E-state index contributed by atoms with van der Waals surface area (Å²) in [5.41, 5.74) is 1.03. The van der Waals surface area contributed by atoms with E-state index in [1.54, 1.807) is 13.3 Å². The van der Waals surface area contributed by atoms with Gasteiger partial charge >= 0.3 is 6.03 Å². The monoisotopic (exact) mass is 308 g/mol. The minimum absolute atomic E-state index is 0.166. The van der Waals surface area contributed by atoms with Crippen molar-refractivity contribution in [1.82, 2.24) is 15.6 Å². The molecule has 2 N–H and O–H groups in total. The van der Waals surface area contributed by atoms with E-state index in [1.165, 1.54) is 0 Å². The highest BCUT2D eigenvalue weighted by Crippen LogP contribution is 2.14. The molecule has 7 heteroatoms. The fourth-order valence-electron chi connectivity index (χ4n) is 2.20. The highest BCUT2D eigenvalue weighted by atomic mass is 16.5. The van der Waals surface area contributed by atoms with Crippen LogP contribution in [0.4, 0.5) is 10.6 Å². The van der Waals surface area contributed by atoms with Crippen LogP contribution in [0.15, 0.2) is 18.3 Å². The summed E-state index contributed by atoms with van der Waals surface area (Å²) in [7, 11) is 1.65. The maximum atomic E-state index is 11.7. The predicted octanol–water partition coefficient (Wildman–Crippen LogP) is 0.754. The number of hydrogen-bond acceptors (Lipinski definition) is 5. The Balaban J connectivity index is 1.76. The van der Waals surface area contributed by atoms with Gasteiger partial charge < -0.3 is 25.0 Å². The Bertz CT molecular complexity index is 464. The van der Waals surface area contributed by atoms with Gasteiger partial charge in [-0.2, -0.15) is 0 Å². The van der Waals surface area contributed by atoms with Gasteiger partial charge in [0, 0.05) is 46.1 Å². The van der Waals surface area contributed by atoms with Gasteiger partial charge in [0.15, 0.2) is 0 Å². The van der Waals surface area contributed by atoms with Gasteiger partial charge in [0.1, 0.15) is 5.82 Å². The van der Waals surface area contributed by atoms with Crippen molar-refractivity contribution >= 4 is 11.8 Å². The van der Waals surface area contributed by atoms with Crippen LogP contribution in [0.1, 0.15) is 12.0 Å². The topological polar surface area (TPSA) is 75.7 Å². The summed E-state index contributed by atoms with van der Waals surface area (Å²) in [4.78, 5) is 18.2. The molecule has 1 aliphatic rings. The fraction of sp³-hybridized carbons (Fsp3) is 0.600. The van der Waals surface area contributed by atoms with Crippen LogP contribution in [0, 0.1) is 0 Å². The van der Waals surface area contributed by atoms with Crippen LogP contribution < -0.4 is 15.5 Å². The van der Waals surface area contributed by atoms with Gasteiger partial charge in [-0.3, -0.25) is 0 Å². The molecule has 1 saturated heterocycles. The Morgan fingerprint density at radius 1 is 1.41 bits per heavy atom. The zero-order valence-electron chi connectivity index (χ0n) is 13.0. The molecule has 2 rings (SSSR count). The second-order valence-electron chi connectivity index (χ2n) is 5.08. The molecule has 122 valence electrons. The number of pyridine rings is 1. The van der Waals surface area contributed by atoms with Crippen molar-refractivity contribution < 1.29 is 14.3 Å². The predicted molar refractivity (Wildman–Crippen MR) is 84.0 cm³/mol. The molecule has 0 spiro atoms. The summed E-state index contributed by atoms with van der Waals surface area (Å²) < 4.78 is 10.3. The number of ether oxygens (including phenoxy) is 2. The first-order chi connectivity index (χ1) is 10.8. The number of hydrogen-bond donors (Lipinski definition) is 2. The minimum atomic E-state index is -0.166. The maximum Gasteiger partial charge on any atom is 0.315 e. The van der Waals surface area contributed by atoms with E-state index < -0.39 is 0 Å². The number of urea groups is 1. The normalized spacial score (nSPS) is 14.7. The molecule has 2 heterocycles. The van der Waals surface area contributed by atoms with Crippen LogP contribution in [-0.4, -0.2) is 57.6 Å². The molecule has 7 nitrogen and oxygen atoms in total. The van der Waals surface area contributed by atoms with Gasteiger partial charge in [-0.15, -0.1) is 0 Å². The highest BCUT2D eigenvalue weighted by Gasteiger charge is 2.12. The minimum Gasteiger partial charge on any atom is -0.385 e. The van der Waals surface area contributed by atoms with Crippen LogP contribution in [0.3, 0.4) is 0 Å². The lowest BCUT2D eigenvalue weighted by Crippen LogP contribution is -2.37. The number of carbonyl (C=O) groups is 1. The molecule has 1 aliphatic heterocycles. The van der Waals surface area contributed by atoms with Gasteiger partial charge in [-0.1, -0.05) is 0 Å². The molecule has 2 amide bonds. The number of methoxy groups -OCH3 is 1. The van der Waals surface area contributed by atoms with E-state index in [4.69, 9.17) is 9.47 Å². The zero-order chi connectivity index (χ0) is 15.6. The van der Waals surface area contributed by atoms with E-state index in [9.17, 15) is 4.79 Å². The van der Waals surface area contributed by atoms with Crippen LogP contribution in [-0.2, 0) is 16.0 Å². The summed E-state index contributed by atoms with van der Waals surface area (Å²) in [5.74, 6) is 0.933. The molecule has 0 radical (unpaired) electrons. The number of morpholine rings is 1. The van der Waals surface area contributed by atoms with Crippen molar-refractivity contribution in [2.45, 2.75) is 13.0 Å². The molecule has 0 unspecified atom stereocenters. The van der Waals surface area contributed by atoms with Crippen LogP contribution in [0.5, 0.6) is 0 Å². The summed E-state index contributed by atoms with van der Waals surface area (Å²) >= 11 is 0. The van der Waals surface area contributed by atoms with Crippen molar-refractivity contribution in [2.24, 2.45) is 0 Å². The van der Waals surface area contributed by atoms with Crippen molar-refractivity contribution in [2.75, 3.05) is 51.5 Å². The first kappa shape index (κ1) is 16.5. The van der Waals surface area contributed by atoms with Crippen molar-refractivity contribution in [3.05, 3.63) is 23.9 Å². The van der Waals surface area contributed by atoms with E-state index in [0.717, 1.165) is 44.1 Å². The van der Waals surface area contributed by atoms with Gasteiger partial charge in [-0.25, -0.2) is 9.78 Å². The molecule has 0 aliphatic carbocycles. The Morgan fingerprint density at radius 2 is 2.23 bits per heavy atom. The Labute approximate surface area is 131 Å². The lowest BCUT2D eigenvalue weighted by molar-refractivity contribution is 0.122. The van der Waals surface area contributed by atoms with Crippen molar-refractivity contribution in [3.8, 4) is 0 Å². The van der Waals surface area contributed by atoms with E-state index >= 15 is 0 Å². The average molecular weight is 308 g/mol. The molecule has 0 aromatic carbocycles. The molecule has 1 aromatic rings. The standard InChI is InChI=1S/C15H24N4O3/c1-21-8-2-4-17-15(20)18-12-13-3-5-16-14(11-13)19-6-9-22-10-7-19/h3,5,11H,2,4,6-10,12H2,1H3,(H2,17,18,20). The Morgan fingerprint density at radius 3 is 3.00 bits per heavy atom. The SMILES string of the molecule is COCCCNC(=O)NCc1ccnc(N2CCOCC2)c1. The van der Waals surface area contributed by atoms with Crippen LogP contribution >= 0.6 is 0 Å². The smallest absolute Gasteiger partial charge is 0.315 e. The lowest BCUT2D eigenvalue weighted by atomic mass is 10.2. The maximum absolute atomic E-state index is 11.7. The Kier molecular flexibility index (Phi) is 6.92. The van der Waals surface area contributed by atoms with Crippen LogP contribution in [0.25, 0.3) is 0 Å². The summed E-state index contributed by atoms with van der Waals surface area (Å²) in [5, 5.41) is 5.64. The second-order valence-corrected chi connectivity index (χ2v) is 5.08. The summed E-state index contributed by atoms with van der Waals surface area (Å²) in [6.45, 7) is 4.90. The molecular formula is C15H24N4O3. The van der Waals surface area contributed by atoms with Crippen molar-refractivity contribution in [1.29, 1.82) is 0 Å². The first-order valence-electron chi connectivity index (χ1n) is 7.58. The third-order valence-electron chi connectivity index (χ3n) is 3.41. The second kappa shape index (κ2) is 9.22. The van der Waals surface area contributed by atoms with Gasteiger partial charge in [0.2, 0.25) is 0 Å². The third-order valence-corrected chi connectivity index (χ3v) is 3.41. The average Bonchev–Trinajstić information content (AvgIpc) is 2.58. The number of aromatic nitrogens is 1. The number of rotatable bonds is 7. The van der Waals surface area contributed by atoms with E-state index in [1.807, 2.05) is 12.1 Å². The number of anilines is 1. The molecule has 0 bridgehead atoms. The van der Waals surface area contributed by atoms with Gasteiger partial charge in [-0.05, 0) is 24.1 Å². The molecule has 22 heavy (non-hydrogen) atoms. The van der Waals surface area contributed by atoms with E-state index in [2.05, 4.69) is 20.5 Å².